The molecule has 0 bridgehead atoms. The van der Waals surface area contributed by atoms with Crippen molar-refractivity contribution in [3.63, 3.8) is 0 Å². The van der Waals surface area contributed by atoms with E-state index in [0.717, 1.165) is 38.1 Å². The molecule has 0 spiro atoms. The number of aromatic nitrogens is 5. The average Bonchev–Trinajstić information content (AvgIpc) is 3.53. The van der Waals surface area contributed by atoms with Crippen molar-refractivity contribution in [2.45, 2.75) is 19.3 Å². The van der Waals surface area contributed by atoms with E-state index in [9.17, 15) is 9.18 Å². The third-order valence-corrected chi connectivity index (χ3v) is 7.24. The molecule has 6 nitrogen and oxygen atoms in total. The smallest absolute Gasteiger partial charge is 0.263 e. The first-order chi connectivity index (χ1) is 17.5. The summed E-state index contributed by atoms with van der Waals surface area (Å²) in [5, 5.41) is 5.70. The molecule has 0 saturated heterocycles. The van der Waals surface area contributed by atoms with Gasteiger partial charge in [0.25, 0.3) is 5.56 Å². The molecule has 36 heavy (non-hydrogen) atoms. The first-order valence-electron chi connectivity index (χ1n) is 11.6. The lowest BCUT2D eigenvalue weighted by atomic mass is 9.94. The lowest BCUT2D eigenvalue weighted by Gasteiger charge is -2.21. The molecule has 0 aliphatic carbocycles. The summed E-state index contributed by atoms with van der Waals surface area (Å²) >= 11 is 1.51. The third-order valence-electron chi connectivity index (χ3n) is 6.51. The van der Waals surface area contributed by atoms with Crippen LogP contribution in [-0.4, -0.2) is 24.3 Å². The molecule has 0 amide bonds. The third kappa shape index (κ3) is 3.79. The van der Waals surface area contributed by atoms with E-state index in [1.54, 1.807) is 39.3 Å². The molecule has 6 rings (SSSR count). The van der Waals surface area contributed by atoms with Crippen LogP contribution in [0.2, 0.25) is 0 Å². The van der Waals surface area contributed by atoms with Crippen LogP contribution < -0.4 is 5.56 Å². The Hall–Kier alpha value is -4.17. The average molecular weight is 496 g/mol. The standard InChI is InChI=1S/C28H22FN5OS/c1-17(11-19-9-10-30-27-26(19)31-16-36-27)24-12-18-5-3-8-23(20-14-32-33(2)15-20)25(18)28(35)34(24)22-7-4-6-21(29)13-22/h3-10,12-17H,11H2,1-2H3/t17-/m1/s1. The van der Waals surface area contributed by atoms with E-state index in [4.69, 9.17) is 0 Å². The van der Waals surface area contributed by atoms with E-state index in [1.807, 2.05) is 43.6 Å². The molecule has 0 aliphatic heterocycles. The molecule has 8 heteroatoms. The highest BCUT2D eigenvalue weighted by Gasteiger charge is 2.20. The molecule has 0 radical (unpaired) electrons. The summed E-state index contributed by atoms with van der Waals surface area (Å²) in [7, 11) is 1.85. The summed E-state index contributed by atoms with van der Waals surface area (Å²) in [6.45, 7) is 2.08. The Morgan fingerprint density at radius 2 is 1.94 bits per heavy atom. The fraction of sp³-hybridized carbons (Fsp3) is 0.143. The van der Waals surface area contributed by atoms with E-state index in [-0.39, 0.29) is 11.5 Å². The van der Waals surface area contributed by atoms with E-state index < -0.39 is 5.82 Å². The molecule has 4 heterocycles. The van der Waals surface area contributed by atoms with Crippen LogP contribution in [0.3, 0.4) is 0 Å². The number of benzene rings is 2. The zero-order valence-corrected chi connectivity index (χ0v) is 20.5. The molecule has 0 N–H and O–H groups in total. The lowest BCUT2D eigenvalue weighted by molar-refractivity contribution is 0.624. The van der Waals surface area contributed by atoms with E-state index in [2.05, 4.69) is 22.0 Å². The van der Waals surface area contributed by atoms with E-state index in [1.165, 1.54) is 23.5 Å². The van der Waals surface area contributed by atoms with Gasteiger partial charge in [0.15, 0.2) is 0 Å². The van der Waals surface area contributed by atoms with Crippen LogP contribution in [0.25, 0.3) is 37.9 Å². The maximum atomic E-state index is 14.3. The molecule has 178 valence electrons. The van der Waals surface area contributed by atoms with Gasteiger partial charge in [0.2, 0.25) is 0 Å². The van der Waals surface area contributed by atoms with Crippen molar-refractivity contribution in [2.24, 2.45) is 7.05 Å². The van der Waals surface area contributed by atoms with Crippen LogP contribution >= 0.6 is 11.3 Å². The molecule has 0 unspecified atom stereocenters. The minimum atomic E-state index is -0.392. The van der Waals surface area contributed by atoms with E-state index in [0.29, 0.717) is 17.5 Å². The van der Waals surface area contributed by atoms with Crippen LogP contribution in [-0.2, 0) is 13.5 Å². The SMILES string of the molecule is C[C@H](Cc1ccnc2scnc12)c1cc2cccc(-c3cnn(C)c3)c2c(=O)n1-c1cccc(F)c1. The predicted octanol–water partition coefficient (Wildman–Crippen LogP) is 5.88. The number of pyridine rings is 2. The second-order valence-electron chi connectivity index (χ2n) is 8.94. The Labute approximate surface area is 210 Å². The second-order valence-corrected chi connectivity index (χ2v) is 9.78. The first-order valence-corrected chi connectivity index (χ1v) is 12.5. The van der Waals surface area contributed by atoms with Crippen LogP contribution in [0.5, 0.6) is 0 Å². The summed E-state index contributed by atoms with van der Waals surface area (Å²) in [5.41, 5.74) is 6.52. The minimum Gasteiger partial charge on any atom is -0.280 e. The Kier molecular flexibility index (Phi) is 5.45. The number of thiazole rings is 1. The van der Waals surface area contributed by atoms with Gasteiger partial charge in [-0.05, 0) is 53.3 Å². The predicted molar refractivity (Wildman–Crippen MR) is 141 cm³/mol. The van der Waals surface area contributed by atoms with Gasteiger partial charge in [0.05, 0.1) is 22.8 Å². The van der Waals surface area contributed by atoms with Crippen molar-refractivity contribution >= 4 is 32.5 Å². The van der Waals surface area contributed by atoms with Gasteiger partial charge < -0.3 is 0 Å². The van der Waals surface area contributed by atoms with Crippen LogP contribution in [0.1, 0.15) is 24.1 Å². The van der Waals surface area contributed by atoms with Crippen molar-refractivity contribution in [3.05, 3.63) is 106 Å². The summed E-state index contributed by atoms with van der Waals surface area (Å²) in [6, 6.07) is 16.0. The first kappa shape index (κ1) is 22.3. The number of hydrogen-bond donors (Lipinski definition) is 0. The van der Waals surface area contributed by atoms with Crippen molar-refractivity contribution in [2.75, 3.05) is 0 Å². The van der Waals surface area contributed by atoms with Gasteiger partial charge in [-0.2, -0.15) is 5.10 Å². The monoisotopic (exact) mass is 495 g/mol. The molecule has 0 saturated carbocycles. The molecular weight excluding hydrogens is 473 g/mol. The Bertz CT molecular complexity index is 1800. The summed E-state index contributed by atoms with van der Waals surface area (Å²) in [6.07, 6.45) is 6.09. The van der Waals surface area contributed by atoms with Gasteiger partial charge in [-0.1, -0.05) is 31.2 Å². The minimum absolute atomic E-state index is 0.0558. The molecular formula is C28H22FN5OS. The maximum Gasteiger partial charge on any atom is 0.263 e. The number of rotatable bonds is 5. The Morgan fingerprint density at radius 3 is 2.75 bits per heavy atom. The van der Waals surface area contributed by atoms with E-state index >= 15 is 0 Å². The number of hydrogen-bond acceptors (Lipinski definition) is 5. The number of fused-ring (bicyclic) bond motifs is 2. The van der Waals surface area contributed by atoms with Crippen molar-refractivity contribution in [1.82, 2.24) is 24.3 Å². The Balaban J connectivity index is 1.59. The molecule has 2 aromatic carbocycles. The van der Waals surface area contributed by atoms with Gasteiger partial charge in [-0.25, -0.2) is 14.4 Å². The number of aryl methyl sites for hydroxylation is 1. The van der Waals surface area contributed by atoms with Gasteiger partial charge in [-0.3, -0.25) is 14.0 Å². The zero-order valence-electron chi connectivity index (χ0n) is 19.7. The fourth-order valence-corrected chi connectivity index (χ4v) is 5.53. The second kappa shape index (κ2) is 8.80. The maximum absolute atomic E-state index is 14.3. The topological polar surface area (TPSA) is 65.6 Å². The largest absolute Gasteiger partial charge is 0.280 e. The van der Waals surface area contributed by atoms with Crippen molar-refractivity contribution in [3.8, 4) is 16.8 Å². The highest BCUT2D eigenvalue weighted by atomic mass is 32.1. The number of nitrogens with zero attached hydrogens (tertiary/aromatic N) is 5. The Morgan fingerprint density at radius 1 is 1.08 bits per heavy atom. The molecule has 4 aromatic heterocycles. The summed E-state index contributed by atoms with van der Waals surface area (Å²) < 4.78 is 17.7. The van der Waals surface area contributed by atoms with Gasteiger partial charge in [0, 0.05) is 36.6 Å². The normalized spacial score (nSPS) is 12.4. The van der Waals surface area contributed by atoms with Crippen LogP contribution in [0.15, 0.2) is 83.5 Å². The molecule has 6 aromatic rings. The van der Waals surface area contributed by atoms with Gasteiger partial charge in [0.1, 0.15) is 16.2 Å². The van der Waals surface area contributed by atoms with Crippen LogP contribution in [0.4, 0.5) is 4.39 Å². The molecule has 0 fully saturated rings. The van der Waals surface area contributed by atoms with Gasteiger partial charge >= 0.3 is 0 Å². The zero-order chi connectivity index (χ0) is 24.8. The summed E-state index contributed by atoms with van der Waals surface area (Å²) in [5.74, 6) is -0.448. The van der Waals surface area contributed by atoms with Crippen LogP contribution in [0, 0.1) is 5.82 Å². The molecule has 0 aliphatic rings. The highest BCUT2D eigenvalue weighted by Crippen LogP contribution is 2.31. The fourth-order valence-electron chi connectivity index (χ4n) is 4.85. The highest BCUT2D eigenvalue weighted by molar-refractivity contribution is 7.16. The summed E-state index contributed by atoms with van der Waals surface area (Å²) in [4.78, 5) is 24.0. The lowest BCUT2D eigenvalue weighted by Crippen LogP contribution is -2.24. The molecule has 1 atom stereocenters. The van der Waals surface area contributed by atoms with Crippen molar-refractivity contribution < 1.29 is 4.39 Å². The quantitative estimate of drug-likeness (QED) is 0.300. The van der Waals surface area contributed by atoms with Gasteiger partial charge in [-0.15, -0.1) is 11.3 Å². The number of halogens is 1. The van der Waals surface area contributed by atoms with Crippen molar-refractivity contribution in [1.29, 1.82) is 0 Å².